The molecule has 0 spiro atoms. The number of rotatable bonds is 16. The zero-order chi connectivity index (χ0) is 15.6. The number of hydrogen-bond acceptors (Lipinski definition) is 1. The molecule has 0 rings (SSSR count). The van der Waals surface area contributed by atoms with Crippen molar-refractivity contribution < 1.29 is 4.79 Å². The Hall–Kier alpha value is -0.530. The average molecular weight is 297 g/mol. The van der Waals surface area contributed by atoms with E-state index in [0.717, 1.165) is 6.42 Å². The van der Waals surface area contributed by atoms with Crippen LogP contribution >= 0.6 is 0 Å². The van der Waals surface area contributed by atoms with Crippen molar-refractivity contribution in [1.82, 2.24) is 5.32 Å². The van der Waals surface area contributed by atoms with Crippen molar-refractivity contribution in [3.8, 4) is 0 Å². The predicted molar refractivity (Wildman–Crippen MR) is 93.0 cm³/mol. The Labute approximate surface area is 133 Å². The van der Waals surface area contributed by atoms with Gasteiger partial charge in [0.1, 0.15) is 0 Å². The van der Waals surface area contributed by atoms with E-state index in [0.29, 0.717) is 6.42 Å². The average Bonchev–Trinajstić information content (AvgIpc) is 2.50. The second-order valence-corrected chi connectivity index (χ2v) is 6.30. The Morgan fingerprint density at radius 2 is 1.00 bits per heavy atom. The highest BCUT2D eigenvalue weighted by Gasteiger charge is 1.97. The highest BCUT2D eigenvalue weighted by molar-refractivity contribution is 5.75. The Bertz CT molecular complexity index is 216. The molecule has 0 fully saturated rings. The molecule has 0 bridgehead atoms. The highest BCUT2D eigenvalue weighted by atomic mass is 16.1. The SMILES string of the molecule is [CH2]NC(=O)CCCCCCCCCCCCCCCCC. The molecule has 1 N–H and O–H groups in total. The maximum atomic E-state index is 11.0. The molecule has 1 radical (unpaired) electrons. The first-order valence-corrected chi connectivity index (χ1v) is 9.37. The summed E-state index contributed by atoms with van der Waals surface area (Å²) < 4.78 is 0. The predicted octanol–water partition coefficient (Wildman–Crippen LogP) is 6.16. The van der Waals surface area contributed by atoms with Gasteiger partial charge in [-0.3, -0.25) is 4.79 Å². The van der Waals surface area contributed by atoms with Gasteiger partial charge in [-0.2, -0.15) is 0 Å². The van der Waals surface area contributed by atoms with E-state index < -0.39 is 0 Å². The van der Waals surface area contributed by atoms with Gasteiger partial charge in [-0.25, -0.2) is 0 Å². The molecule has 0 atom stereocenters. The smallest absolute Gasteiger partial charge is 0.220 e. The van der Waals surface area contributed by atoms with Crippen molar-refractivity contribution >= 4 is 5.91 Å². The topological polar surface area (TPSA) is 29.1 Å². The van der Waals surface area contributed by atoms with E-state index in [1.807, 2.05) is 0 Å². The van der Waals surface area contributed by atoms with Crippen molar-refractivity contribution in [3.05, 3.63) is 7.05 Å². The number of amides is 1. The number of carbonyl (C=O) groups is 1. The molecule has 0 saturated heterocycles. The van der Waals surface area contributed by atoms with Crippen molar-refractivity contribution in [3.63, 3.8) is 0 Å². The van der Waals surface area contributed by atoms with Gasteiger partial charge in [-0.15, -0.1) is 0 Å². The van der Waals surface area contributed by atoms with Gasteiger partial charge in [0, 0.05) is 13.5 Å². The minimum absolute atomic E-state index is 0.0738. The molecule has 0 aromatic heterocycles. The van der Waals surface area contributed by atoms with Crippen molar-refractivity contribution in [2.45, 2.75) is 110 Å². The van der Waals surface area contributed by atoms with Gasteiger partial charge >= 0.3 is 0 Å². The van der Waals surface area contributed by atoms with Crippen LogP contribution in [-0.2, 0) is 4.79 Å². The molecule has 1 amide bonds. The molecule has 0 aromatic carbocycles. The van der Waals surface area contributed by atoms with E-state index in [9.17, 15) is 4.79 Å². The molecule has 125 valence electrons. The fourth-order valence-electron chi connectivity index (χ4n) is 2.75. The van der Waals surface area contributed by atoms with Gasteiger partial charge in [0.05, 0.1) is 0 Å². The van der Waals surface area contributed by atoms with Crippen LogP contribution in [0.1, 0.15) is 110 Å². The van der Waals surface area contributed by atoms with E-state index in [2.05, 4.69) is 19.3 Å². The maximum absolute atomic E-state index is 11.0. The Kier molecular flexibility index (Phi) is 17.1. The van der Waals surface area contributed by atoms with Crippen LogP contribution in [-0.4, -0.2) is 5.91 Å². The fourth-order valence-corrected chi connectivity index (χ4v) is 2.75. The molecule has 0 saturated carbocycles. The number of nitrogens with one attached hydrogen (secondary N) is 1. The van der Waals surface area contributed by atoms with Crippen molar-refractivity contribution in [1.29, 1.82) is 0 Å². The summed E-state index contributed by atoms with van der Waals surface area (Å²) in [5.74, 6) is 0.0738. The first kappa shape index (κ1) is 20.5. The van der Waals surface area contributed by atoms with E-state index in [1.54, 1.807) is 0 Å². The summed E-state index contributed by atoms with van der Waals surface area (Å²) in [5, 5.41) is 2.43. The maximum Gasteiger partial charge on any atom is 0.220 e. The van der Waals surface area contributed by atoms with Crippen LogP contribution < -0.4 is 5.32 Å². The summed E-state index contributed by atoms with van der Waals surface area (Å²) in [4.78, 5) is 11.0. The number of hydrogen-bond donors (Lipinski definition) is 1. The second-order valence-electron chi connectivity index (χ2n) is 6.30. The van der Waals surface area contributed by atoms with Crippen molar-refractivity contribution in [2.75, 3.05) is 0 Å². The lowest BCUT2D eigenvalue weighted by atomic mass is 10.0. The van der Waals surface area contributed by atoms with Crippen LogP contribution in [0.15, 0.2) is 0 Å². The van der Waals surface area contributed by atoms with E-state index in [4.69, 9.17) is 0 Å². The zero-order valence-corrected chi connectivity index (χ0v) is 14.4. The summed E-state index contributed by atoms with van der Waals surface area (Å²) in [5.41, 5.74) is 0. The summed E-state index contributed by atoms with van der Waals surface area (Å²) in [6.07, 6.45) is 21.0. The van der Waals surface area contributed by atoms with Gasteiger partial charge < -0.3 is 5.32 Å². The second kappa shape index (κ2) is 17.5. The third-order valence-corrected chi connectivity index (χ3v) is 4.20. The molecule has 0 aromatic rings. The summed E-state index contributed by atoms with van der Waals surface area (Å²) in [6.45, 7) is 2.28. The molecule has 2 nitrogen and oxygen atoms in total. The Balaban J connectivity index is 2.98. The summed E-state index contributed by atoms with van der Waals surface area (Å²) >= 11 is 0. The molecule has 0 unspecified atom stereocenters. The first-order valence-electron chi connectivity index (χ1n) is 9.37. The molecule has 0 aliphatic heterocycles. The van der Waals surface area contributed by atoms with Crippen LogP contribution in [0.4, 0.5) is 0 Å². The van der Waals surface area contributed by atoms with Crippen LogP contribution in [0.3, 0.4) is 0 Å². The van der Waals surface area contributed by atoms with E-state index in [-0.39, 0.29) is 5.91 Å². The Morgan fingerprint density at radius 1 is 0.667 bits per heavy atom. The number of unbranched alkanes of at least 4 members (excludes halogenated alkanes) is 14. The standard InChI is InChI=1S/C19H38NO/c1-3-4-5-6-7-8-9-10-11-12-13-14-15-16-17-18-19(21)20-2/h2-18H2,1H3,(H,20,21). The lowest BCUT2D eigenvalue weighted by Gasteiger charge is -2.03. The lowest BCUT2D eigenvalue weighted by Crippen LogP contribution is -2.14. The normalized spacial score (nSPS) is 10.8. The molecule has 0 aliphatic carbocycles. The lowest BCUT2D eigenvalue weighted by molar-refractivity contribution is -0.120. The van der Waals surface area contributed by atoms with Crippen molar-refractivity contribution in [2.24, 2.45) is 0 Å². The monoisotopic (exact) mass is 296 g/mol. The van der Waals surface area contributed by atoms with Gasteiger partial charge in [0.15, 0.2) is 0 Å². The van der Waals surface area contributed by atoms with Crippen LogP contribution in [0.5, 0.6) is 0 Å². The van der Waals surface area contributed by atoms with Gasteiger partial charge in [0.25, 0.3) is 0 Å². The minimum atomic E-state index is 0.0738. The highest BCUT2D eigenvalue weighted by Crippen LogP contribution is 2.13. The fraction of sp³-hybridized carbons (Fsp3) is 0.895. The largest absolute Gasteiger partial charge is 0.354 e. The molecular formula is C19H38NO. The van der Waals surface area contributed by atoms with Crippen LogP contribution in [0.25, 0.3) is 0 Å². The third-order valence-electron chi connectivity index (χ3n) is 4.20. The quantitative estimate of drug-likeness (QED) is 0.340. The molecular weight excluding hydrogens is 258 g/mol. The van der Waals surface area contributed by atoms with Gasteiger partial charge in [0.2, 0.25) is 5.91 Å². The first-order chi connectivity index (χ1) is 10.3. The molecule has 0 aliphatic rings. The molecule has 2 heteroatoms. The minimum Gasteiger partial charge on any atom is -0.354 e. The van der Waals surface area contributed by atoms with Gasteiger partial charge in [-0.1, -0.05) is 96.8 Å². The number of carbonyl (C=O) groups excluding carboxylic acids is 1. The van der Waals surface area contributed by atoms with Crippen LogP contribution in [0.2, 0.25) is 0 Å². The molecule has 21 heavy (non-hydrogen) atoms. The summed E-state index contributed by atoms with van der Waals surface area (Å²) in [6, 6.07) is 0. The van der Waals surface area contributed by atoms with Crippen LogP contribution in [0, 0.1) is 7.05 Å². The van der Waals surface area contributed by atoms with E-state index >= 15 is 0 Å². The third kappa shape index (κ3) is 17.4. The Morgan fingerprint density at radius 3 is 1.33 bits per heavy atom. The van der Waals surface area contributed by atoms with E-state index in [1.165, 1.54) is 89.9 Å². The zero-order valence-electron chi connectivity index (χ0n) is 14.4. The molecule has 0 heterocycles. The van der Waals surface area contributed by atoms with Gasteiger partial charge in [-0.05, 0) is 6.42 Å². The summed E-state index contributed by atoms with van der Waals surface area (Å²) in [7, 11) is 3.37.